The summed E-state index contributed by atoms with van der Waals surface area (Å²) in [5, 5.41) is 12.3. The van der Waals surface area contributed by atoms with E-state index in [1.807, 2.05) is 36.4 Å². The molecule has 2 aliphatic heterocycles. The summed E-state index contributed by atoms with van der Waals surface area (Å²) in [5.74, 6) is 2.48. The summed E-state index contributed by atoms with van der Waals surface area (Å²) in [7, 11) is 1.60. The lowest BCUT2D eigenvalue weighted by Gasteiger charge is -2.27. The largest absolute Gasteiger partial charge is 0.493 e. The molecule has 7 nitrogen and oxygen atoms in total. The lowest BCUT2D eigenvalue weighted by Crippen LogP contribution is -2.21. The lowest BCUT2D eigenvalue weighted by molar-refractivity contribution is 0.174. The Morgan fingerprint density at radius 1 is 1.03 bits per heavy atom. The van der Waals surface area contributed by atoms with E-state index in [0.717, 1.165) is 31.0 Å². The average Bonchev–Trinajstić information content (AvgIpc) is 3.37. The summed E-state index contributed by atoms with van der Waals surface area (Å²) in [6, 6.07) is 24.1. The minimum Gasteiger partial charge on any atom is -0.493 e. The van der Waals surface area contributed by atoms with Gasteiger partial charge in [-0.2, -0.15) is 5.26 Å². The minimum absolute atomic E-state index is 0.0594. The molecule has 0 amide bonds. The first kappa shape index (κ1) is 23.3. The van der Waals surface area contributed by atoms with Gasteiger partial charge in [-0.1, -0.05) is 42.5 Å². The standard InChI is InChI=1S/C29H21IN2O5/c1-33-26-10-18(9-22(30)28(26)34-14-17-7-4-6-16-5-2-3-8-19(16)17)27-20-11-24-25(36-15-35-24)12-23(20)37-29(32)21(27)13-31/h2-12,27H,14-15,32H2,1H3/t27-/m1/s1. The van der Waals surface area contributed by atoms with Crippen LogP contribution in [0.1, 0.15) is 22.6 Å². The topological polar surface area (TPSA) is 96.0 Å². The number of hydrogen-bond donors (Lipinski definition) is 1. The third kappa shape index (κ3) is 4.05. The Balaban J connectivity index is 1.39. The van der Waals surface area contributed by atoms with Crippen LogP contribution in [0.2, 0.25) is 0 Å². The molecule has 0 saturated carbocycles. The van der Waals surface area contributed by atoms with Gasteiger partial charge in [-0.25, -0.2) is 0 Å². The quantitative estimate of drug-likeness (QED) is 0.280. The number of fused-ring (bicyclic) bond motifs is 3. The molecule has 0 radical (unpaired) electrons. The van der Waals surface area contributed by atoms with E-state index in [-0.39, 0.29) is 12.7 Å². The van der Waals surface area contributed by atoms with E-state index in [1.165, 1.54) is 0 Å². The maximum atomic E-state index is 9.98. The molecule has 0 saturated heterocycles. The number of benzene rings is 4. The molecule has 0 aliphatic carbocycles. The third-order valence-electron chi connectivity index (χ3n) is 6.55. The second kappa shape index (κ2) is 9.41. The smallest absolute Gasteiger partial charge is 0.231 e. The molecule has 0 bridgehead atoms. The van der Waals surface area contributed by atoms with E-state index < -0.39 is 5.92 Å². The molecule has 0 spiro atoms. The van der Waals surface area contributed by atoms with E-state index >= 15 is 0 Å². The molecule has 184 valence electrons. The van der Waals surface area contributed by atoms with Gasteiger partial charge >= 0.3 is 0 Å². The molecule has 0 unspecified atom stereocenters. The van der Waals surface area contributed by atoms with Gasteiger partial charge in [0.2, 0.25) is 12.7 Å². The highest BCUT2D eigenvalue weighted by atomic mass is 127. The van der Waals surface area contributed by atoms with Crippen molar-refractivity contribution < 1.29 is 23.7 Å². The molecule has 0 aromatic heterocycles. The zero-order valence-corrected chi connectivity index (χ0v) is 21.9. The predicted octanol–water partition coefficient (Wildman–Crippen LogP) is 5.98. The summed E-state index contributed by atoms with van der Waals surface area (Å²) in [4.78, 5) is 0. The van der Waals surface area contributed by atoms with Gasteiger partial charge in [0, 0.05) is 11.6 Å². The molecule has 8 heteroatoms. The SMILES string of the molecule is COc1cc([C@H]2C(C#N)=C(N)Oc3cc4c(cc32)OCO4)cc(I)c1OCc1cccc2ccccc12. The summed E-state index contributed by atoms with van der Waals surface area (Å²) >= 11 is 2.23. The second-order valence-electron chi connectivity index (χ2n) is 8.63. The minimum atomic E-state index is -0.474. The average molecular weight is 604 g/mol. The van der Waals surface area contributed by atoms with Crippen LogP contribution < -0.4 is 29.4 Å². The van der Waals surface area contributed by atoms with Crippen LogP contribution in [-0.2, 0) is 6.61 Å². The fraction of sp³-hybridized carbons (Fsp3) is 0.138. The van der Waals surface area contributed by atoms with Gasteiger partial charge in [0.1, 0.15) is 24.0 Å². The molecule has 1 atom stereocenters. The highest BCUT2D eigenvalue weighted by Crippen LogP contribution is 2.49. The van der Waals surface area contributed by atoms with Crippen molar-refractivity contribution in [1.29, 1.82) is 5.26 Å². The number of allylic oxidation sites excluding steroid dienone is 1. The Kier molecular flexibility index (Phi) is 5.93. The van der Waals surface area contributed by atoms with Crippen LogP contribution in [-0.4, -0.2) is 13.9 Å². The van der Waals surface area contributed by atoms with Crippen LogP contribution in [0, 0.1) is 14.9 Å². The van der Waals surface area contributed by atoms with Crippen molar-refractivity contribution in [2.75, 3.05) is 13.9 Å². The Bertz CT molecular complexity index is 1620. The monoisotopic (exact) mass is 604 g/mol. The predicted molar refractivity (Wildman–Crippen MR) is 146 cm³/mol. The molecular formula is C29H21IN2O5. The fourth-order valence-corrected chi connectivity index (χ4v) is 5.59. The van der Waals surface area contributed by atoms with Crippen molar-refractivity contribution >= 4 is 33.4 Å². The molecule has 4 aromatic carbocycles. The van der Waals surface area contributed by atoms with Crippen LogP contribution in [0.3, 0.4) is 0 Å². The molecule has 2 N–H and O–H groups in total. The normalized spacial score (nSPS) is 15.6. The summed E-state index contributed by atoms with van der Waals surface area (Å²) in [5.41, 5.74) is 9.15. The number of hydrogen-bond acceptors (Lipinski definition) is 7. The number of nitriles is 1. The highest BCUT2D eigenvalue weighted by molar-refractivity contribution is 14.1. The van der Waals surface area contributed by atoms with E-state index in [1.54, 1.807) is 13.2 Å². The number of rotatable bonds is 5. The van der Waals surface area contributed by atoms with Crippen molar-refractivity contribution in [2.45, 2.75) is 12.5 Å². The zero-order valence-electron chi connectivity index (χ0n) is 19.8. The van der Waals surface area contributed by atoms with Crippen LogP contribution >= 0.6 is 22.6 Å². The Hall–Kier alpha value is -4.10. The Labute approximate surface area is 227 Å². The molecule has 6 rings (SSSR count). The number of nitrogens with two attached hydrogens (primary N) is 1. The van der Waals surface area contributed by atoms with Crippen LogP contribution in [0.25, 0.3) is 10.8 Å². The maximum Gasteiger partial charge on any atom is 0.231 e. The van der Waals surface area contributed by atoms with Gasteiger partial charge in [0.15, 0.2) is 23.0 Å². The van der Waals surface area contributed by atoms with Gasteiger partial charge in [-0.15, -0.1) is 0 Å². The van der Waals surface area contributed by atoms with Crippen molar-refractivity contribution in [3.05, 3.63) is 98.4 Å². The van der Waals surface area contributed by atoms with Gasteiger partial charge in [0.05, 0.1) is 16.6 Å². The Morgan fingerprint density at radius 3 is 2.62 bits per heavy atom. The highest BCUT2D eigenvalue weighted by Gasteiger charge is 2.34. The summed E-state index contributed by atoms with van der Waals surface area (Å²) < 4.78 is 29.8. The van der Waals surface area contributed by atoms with Crippen molar-refractivity contribution in [2.24, 2.45) is 5.73 Å². The van der Waals surface area contributed by atoms with Gasteiger partial charge in [-0.05, 0) is 62.7 Å². The van der Waals surface area contributed by atoms with E-state index in [0.29, 0.717) is 40.9 Å². The molecular weight excluding hydrogens is 583 g/mol. The number of methoxy groups -OCH3 is 1. The van der Waals surface area contributed by atoms with E-state index in [4.69, 9.17) is 29.4 Å². The fourth-order valence-electron chi connectivity index (χ4n) is 4.80. The summed E-state index contributed by atoms with van der Waals surface area (Å²) in [6.45, 7) is 0.512. The number of halogens is 1. The molecule has 4 aromatic rings. The van der Waals surface area contributed by atoms with Gasteiger partial charge in [0.25, 0.3) is 0 Å². The molecule has 0 fully saturated rings. The van der Waals surface area contributed by atoms with Crippen LogP contribution in [0.5, 0.6) is 28.7 Å². The number of ether oxygens (including phenoxy) is 5. The molecule has 37 heavy (non-hydrogen) atoms. The van der Waals surface area contributed by atoms with Crippen molar-refractivity contribution in [3.8, 4) is 34.8 Å². The van der Waals surface area contributed by atoms with E-state index in [2.05, 4.69) is 52.9 Å². The third-order valence-corrected chi connectivity index (χ3v) is 7.35. The van der Waals surface area contributed by atoms with E-state index in [9.17, 15) is 5.26 Å². The first-order chi connectivity index (χ1) is 18.1. The molecule has 2 heterocycles. The van der Waals surface area contributed by atoms with Gasteiger partial charge in [-0.3, -0.25) is 0 Å². The zero-order chi connectivity index (χ0) is 25.5. The lowest BCUT2D eigenvalue weighted by atomic mass is 9.83. The number of nitrogens with zero attached hydrogens (tertiary/aromatic N) is 1. The Morgan fingerprint density at radius 2 is 1.81 bits per heavy atom. The first-order valence-corrected chi connectivity index (χ1v) is 12.6. The van der Waals surface area contributed by atoms with Crippen molar-refractivity contribution in [3.63, 3.8) is 0 Å². The molecule has 2 aliphatic rings. The van der Waals surface area contributed by atoms with Gasteiger partial charge < -0.3 is 29.4 Å². The first-order valence-electron chi connectivity index (χ1n) is 11.6. The van der Waals surface area contributed by atoms with Crippen molar-refractivity contribution in [1.82, 2.24) is 0 Å². The maximum absolute atomic E-state index is 9.98. The van der Waals surface area contributed by atoms with Crippen LogP contribution in [0.15, 0.2) is 78.2 Å². The van der Waals surface area contributed by atoms with Crippen LogP contribution in [0.4, 0.5) is 0 Å². The second-order valence-corrected chi connectivity index (χ2v) is 9.79. The summed E-state index contributed by atoms with van der Waals surface area (Å²) in [6.07, 6.45) is 0.